The zero-order valence-corrected chi connectivity index (χ0v) is 9.80. The first-order valence-electron chi connectivity index (χ1n) is 5.16. The molecule has 1 atom stereocenters. The molecule has 0 amide bonds. The van der Waals surface area contributed by atoms with E-state index < -0.39 is 12.3 Å². The Morgan fingerprint density at radius 2 is 2.06 bits per heavy atom. The van der Waals surface area contributed by atoms with Gasteiger partial charge in [0.15, 0.2) is 6.10 Å². The van der Waals surface area contributed by atoms with Crippen molar-refractivity contribution in [3.8, 4) is 5.88 Å². The van der Waals surface area contributed by atoms with Gasteiger partial charge >= 0.3 is 6.18 Å². The second-order valence-electron chi connectivity index (χ2n) is 3.50. The molecule has 0 aliphatic heterocycles. The van der Waals surface area contributed by atoms with Gasteiger partial charge in [0.2, 0.25) is 11.8 Å². The van der Waals surface area contributed by atoms with Gasteiger partial charge in [-0.25, -0.2) is 4.98 Å². The molecule has 1 unspecified atom stereocenters. The Morgan fingerprint density at radius 3 is 2.59 bits per heavy atom. The fraction of sp³-hybridized carbons (Fsp3) is 0.600. The highest BCUT2D eigenvalue weighted by atomic mass is 19.4. The first kappa shape index (κ1) is 13.5. The second kappa shape index (κ2) is 5.20. The Balaban J connectivity index is 2.84. The smallest absolute Gasteiger partial charge is 0.425 e. The lowest BCUT2D eigenvalue weighted by Crippen LogP contribution is -2.31. The van der Waals surface area contributed by atoms with Crippen molar-refractivity contribution in [1.82, 2.24) is 9.97 Å². The van der Waals surface area contributed by atoms with Gasteiger partial charge in [-0.3, -0.25) is 0 Å². The van der Waals surface area contributed by atoms with E-state index in [1.165, 1.54) is 6.07 Å². The highest BCUT2D eigenvalue weighted by molar-refractivity contribution is 5.30. The summed E-state index contributed by atoms with van der Waals surface area (Å²) in [7, 11) is 0. The summed E-state index contributed by atoms with van der Waals surface area (Å²) in [5.41, 5.74) is 0.542. The Kier molecular flexibility index (Phi) is 4.14. The van der Waals surface area contributed by atoms with Crippen molar-refractivity contribution in [2.45, 2.75) is 33.1 Å². The molecule has 0 spiro atoms. The molecular weight excluding hydrogens is 235 g/mol. The summed E-state index contributed by atoms with van der Waals surface area (Å²) >= 11 is 0. The lowest BCUT2D eigenvalue weighted by Gasteiger charge is -2.17. The SMILES string of the molecule is CCNc1nc(C)cc(OC(C)C(F)(F)F)n1. The van der Waals surface area contributed by atoms with Crippen LogP contribution in [-0.2, 0) is 0 Å². The zero-order chi connectivity index (χ0) is 13.1. The van der Waals surface area contributed by atoms with Gasteiger partial charge in [-0.15, -0.1) is 0 Å². The predicted molar refractivity (Wildman–Crippen MR) is 57.1 cm³/mol. The fourth-order valence-electron chi connectivity index (χ4n) is 1.09. The van der Waals surface area contributed by atoms with Crippen LogP contribution < -0.4 is 10.1 Å². The molecule has 1 aromatic rings. The molecule has 4 nitrogen and oxygen atoms in total. The number of hydrogen-bond acceptors (Lipinski definition) is 4. The van der Waals surface area contributed by atoms with E-state index in [2.05, 4.69) is 15.3 Å². The maximum atomic E-state index is 12.3. The number of nitrogens with zero attached hydrogens (tertiary/aromatic N) is 2. The maximum absolute atomic E-state index is 12.3. The molecule has 7 heteroatoms. The lowest BCUT2D eigenvalue weighted by atomic mass is 10.4. The minimum Gasteiger partial charge on any atom is -0.465 e. The fourth-order valence-corrected chi connectivity index (χ4v) is 1.09. The number of aromatic nitrogens is 2. The number of hydrogen-bond donors (Lipinski definition) is 1. The van der Waals surface area contributed by atoms with E-state index in [4.69, 9.17) is 4.74 Å². The summed E-state index contributed by atoms with van der Waals surface area (Å²) in [6, 6.07) is 1.36. The van der Waals surface area contributed by atoms with E-state index in [9.17, 15) is 13.2 Å². The number of anilines is 1. The first-order valence-corrected chi connectivity index (χ1v) is 5.16. The number of alkyl halides is 3. The van der Waals surface area contributed by atoms with Gasteiger partial charge in [0.05, 0.1) is 0 Å². The molecule has 0 aromatic carbocycles. The summed E-state index contributed by atoms with van der Waals surface area (Å²) in [6.07, 6.45) is -6.30. The van der Waals surface area contributed by atoms with E-state index in [0.29, 0.717) is 12.2 Å². The van der Waals surface area contributed by atoms with Gasteiger partial charge in [0.25, 0.3) is 0 Å². The minimum atomic E-state index is -4.41. The van der Waals surface area contributed by atoms with Crippen molar-refractivity contribution in [2.75, 3.05) is 11.9 Å². The van der Waals surface area contributed by atoms with Crippen LogP contribution in [0.4, 0.5) is 19.1 Å². The molecule has 0 aliphatic rings. The molecule has 17 heavy (non-hydrogen) atoms. The minimum absolute atomic E-state index is 0.0849. The zero-order valence-electron chi connectivity index (χ0n) is 9.80. The van der Waals surface area contributed by atoms with Gasteiger partial charge in [-0.05, 0) is 20.8 Å². The highest BCUT2D eigenvalue weighted by Crippen LogP contribution is 2.24. The largest absolute Gasteiger partial charge is 0.465 e. The molecule has 0 bridgehead atoms. The Bertz CT molecular complexity index is 382. The maximum Gasteiger partial charge on any atom is 0.425 e. The van der Waals surface area contributed by atoms with Crippen LogP contribution in [0.15, 0.2) is 6.07 Å². The average molecular weight is 249 g/mol. The van der Waals surface area contributed by atoms with Crippen molar-refractivity contribution in [3.05, 3.63) is 11.8 Å². The summed E-state index contributed by atoms with van der Waals surface area (Å²) in [6.45, 7) is 5.01. The molecule has 0 aliphatic carbocycles. The monoisotopic (exact) mass is 249 g/mol. The predicted octanol–water partition coefficient (Wildman–Crippen LogP) is 2.55. The van der Waals surface area contributed by atoms with Crippen LogP contribution in [0.5, 0.6) is 5.88 Å². The van der Waals surface area contributed by atoms with Crippen molar-refractivity contribution in [2.24, 2.45) is 0 Å². The highest BCUT2D eigenvalue weighted by Gasteiger charge is 2.38. The molecule has 1 rings (SSSR count). The Hall–Kier alpha value is -1.53. The van der Waals surface area contributed by atoms with Crippen molar-refractivity contribution < 1.29 is 17.9 Å². The van der Waals surface area contributed by atoms with E-state index in [1.54, 1.807) is 6.92 Å². The van der Waals surface area contributed by atoms with Gasteiger partial charge in [0.1, 0.15) is 0 Å². The third-order valence-corrected chi connectivity index (χ3v) is 1.92. The van der Waals surface area contributed by atoms with Crippen LogP contribution >= 0.6 is 0 Å². The van der Waals surface area contributed by atoms with E-state index in [0.717, 1.165) is 6.92 Å². The van der Waals surface area contributed by atoms with Crippen LogP contribution in [0.25, 0.3) is 0 Å². The molecule has 1 heterocycles. The molecule has 1 aromatic heterocycles. The van der Waals surface area contributed by atoms with Crippen molar-refractivity contribution >= 4 is 5.95 Å². The van der Waals surface area contributed by atoms with Crippen LogP contribution in [0.3, 0.4) is 0 Å². The van der Waals surface area contributed by atoms with E-state index in [-0.39, 0.29) is 11.8 Å². The molecular formula is C10H14F3N3O. The molecule has 0 saturated heterocycles. The Morgan fingerprint density at radius 1 is 1.41 bits per heavy atom. The van der Waals surface area contributed by atoms with Crippen molar-refractivity contribution in [1.29, 1.82) is 0 Å². The molecule has 0 saturated carbocycles. The second-order valence-corrected chi connectivity index (χ2v) is 3.50. The summed E-state index contributed by atoms with van der Waals surface area (Å²) in [4.78, 5) is 7.84. The van der Waals surface area contributed by atoms with Gasteiger partial charge in [-0.1, -0.05) is 0 Å². The topological polar surface area (TPSA) is 47.0 Å². The summed E-state index contributed by atoms with van der Waals surface area (Å²) in [5.74, 6) is 0.176. The Labute approximate surface area is 97.2 Å². The molecule has 0 fully saturated rings. The number of aryl methyl sites for hydroxylation is 1. The van der Waals surface area contributed by atoms with Gasteiger partial charge < -0.3 is 10.1 Å². The van der Waals surface area contributed by atoms with Crippen molar-refractivity contribution in [3.63, 3.8) is 0 Å². The lowest BCUT2D eigenvalue weighted by molar-refractivity contribution is -0.189. The van der Waals surface area contributed by atoms with E-state index in [1.807, 2.05) is 6.92 Å². The summed E-state index contributed by atoms with van der Waals surface area (Å²) in [5, 5.41) is 2.82. The standard InChI is InChI=1S/C10H14F3N3O/c1-4-14-9-15-6(2)5-8(16-9)17-7(3)10(11,12)13/h5,7H,4H2,1-3H3,(H,14,15,16). The van der Waals surface area contributed by atoms with Crippen LogP contribution in [0.2, 0.25) is 0 Å². The number of rotatable bonds is 4. The summed E-state index contributed by atoms with van der Waals surface area (Å²) < 4.78 is 41.6. The van der Waals surface area contributed by atoms with E-state index >= 15 is 0 Å². The number of halogens is 3. The average Bonchev–Trinajstić information content (AvgIpc) is 2.15. The first-order chi connectivity index (χ1) is 7.82. The third kappa shape index (κ3) is 4.08. The normalized spacial score (nSPS) is 13.3. The molecule has 96 valence electrons. The third-order valence-electron chi connectivity index (χ3n) is 1.92. The number of ether oxygens (including phenoxy) is 1. The van der Waals surface area contributed by atoms with Gasteiger partial charge in [0, 0.05) is 18.3 Å². The molecule has 1 N–H and O–H groups in total. The quantitative estimate of drug-likeness (QED) is 0.890. The van der Waals surface area contributed by atoms with Crippen LogP contribution in [0.1, 0.15) is 19.5 Å². The number of nitrogens with one attached hydrogen (secondary N) is 1. The van der Waals surface area contributed by atoms with Crippen LogP contribution in [-0.4, -0.2) is 28.8 Å². The van der Waals surface area contributed by atoms with Gasteiger partial charge in [-0.2, -0.15) is 18.2 Å². The van der Waals surface area contributed by atoms with Crippen LogP contribution in [0, 0.1) is 6.92 Å². The molecule has 0 radical (unpaired) electrons.